The quantitative estimate of drug-likeness (QED) is 0.404. The summed E-state index contributed by atoms with van der Waals surface area (Å²) in [5.41, 5.74) is 5.17. The molecule has 148 valence electrons. The third-order valence-electron chi connectivity index (χ3n) is 5.10. The first-order valence-corrected chi connectivity index (χ1v) is 9.91. The van der Waals surface area contributed by atoms with Gasteiger partial charge in [-0.3, -0.25) is 0 Å². The number of hydrogen-bond acceptors (Lipinski definition) is 4. The van der Waals surface area contributed by atoms with Crippen LogP contribution in [0.5, 0.6) is 0 Å². The number of furan rings is 1. The largest absolute Gasteiger partial charge is 0.477 e. The lowest BCUT2D eigenvalue weighted by atomic mass is 10.0. The molecule has 0 aliphatic rings. The maximum absolute atomic E-state index is 11.8. The summed E-state index contributed by atoms with van der Waals surface area (Å²) in [6, 6.07) is 9.99. The topological polar surface area (TPSA) is 80.6 Å². The van der Waals surface area contributed by atoms with Gasteiger partial charge in [-0.25, -0.2) is 14.3 Å². The number of unbranched alkanes of at least 4 members (excludes halogenated alkanes) is 3. The summed E-state index contributed by atoms with van der Waals surface area (Å²) in [5, 5.41) is 14.2. The van der Waals surface area contributed by atoms with Crippen molar-refractivity contribution in [1.29, 1.82) is 0 Å². The van der Waals surface area contributed by atoms with Crippen molar-refractivity contribution in [2.45, 2.75) is 39.0 Å². The summed E-state index contributed by atoms with van der Waals surface area (Å²) in [5.74, 6) is -0.977. The molecule has 6 nitrogen and oxygen atoms in total. The molecule has 29 heavy (non-hydrogen) atoms. The van der Waals surface area contributed by atoms with Gasteiger partial charge in [-0.2, -0.15) is 5.10 Å². The van der Waals surface area contributed by atoms with Gasteiger partial charge in [0.1, 0.15) is 5.56 Å². The molecule has 1 aromatic carbocycles. The van der Waals surface area contributed by atoms with Crippen LogP contribution in [0.25, 0.3) is 27.9 Å². The Morgan fingerprint density at radius 2 is 1.79 bits per heavy atom. The van der Waals surface area contributed by atoms with E-state index in [4.69, 9.17) is 4.42 Å². The number of benzene rings is 1. The monoisotopic (exact) mass is 389 g/mol. The number of rotatable bonds is 8. The Morgan fingerprint density at radius 3 is 2.45 bits per heavy atom. The molecule has 6 heteroatoms. The fourth-order valence-corrected chi connectivity index (χ4v) is 3.53. The van der Waals surface area contributed by atoms with Crippen LogP contribution in [0, 0.1) is 0 Å². The molecule has 0 radical (unpaired) electrons. The van der Waals surface area contributed by atoms with E-state index < -0.39 is 5.97 Å². The zero-order valence-corrected chi connectivity index (χ0v) is 16.3. The first-order valence-electron chi connectivity index (χ1n) is 9.91. The van der Waals surface area contributed by atoms with Crippen molar-refractivity contribution >= 4 is 11.6 Å². The third-order valence-corrected chi connectivity index (χ3v) is 5.10. The summed E-state index contributed by atoms with van der Waals surface area (Å²) in [7, 11) is 0. The zero-order valence-electron chi connectivity index (χ0n) is 16.3. The lowest BCUT2D eigenvalue weighted by Crippen LogP contribution is -2.01. The smallest absolute Gasteiger partial charge is 0.341 e. The molecule has 0 aliphatic heterocycles. The normalized spacial score (nSPS) is 11.2. The predicted octanol–water partition coefficient (Wildman–Crippen LogP) is 5.48. The highest BCUT2D eigenvalue weighted by atomic mass is 16.4. The minimum Gasteiger partial charge on any atom is -0.477 e. The number of fused-ring (bicyclic) bond motifs is 1. The molecule has 0 bridgehead atoms. The molecule has 0 saturated carbocycles. The summed E-state index contributed by atoms with van der Waals surface area (Å²) in [6.07, 6.45) is 11.9. The van der Waals surface area contributed by atoms with Crippen LogP contribution in [0.15, 0.2) is 59.7 Å². The average molecular weight is 389 g/mol. The number of carboxylic acids is 1. The molecule has 0 saturated heterocycles. The van der Waals surface area contributed by atoms with Gasteiger partial charge < -0.3 is 9.52 Å². The van der Waals surface area contributed by atoms with E-state index in [1.54, 1.807) is 23.2 Å². The van der Waals surface area contributed by atoms with Gasteiger partial charge in [0.25, 0.3) is 0 Å². The van der Waals surface area contributed by atoms with Gasteiger partial charge in [-0.1, -0.05) is 50.5 Å². The summed E-state index contributed by atoms with van der Waals surface area (Å²) >= 11 is 0. The van der Waals surface area contributed by atoms with Crippen molar-refractivity contribution in [3.63, 3.8) is 0 Å². The molecular weight excluding hydrogens is 366 g/mol. The van der Waals surface area contributed by atoms with Gasteiger partial charge in [-0.05, 0) is 30.0 Å². The van der Waals surface area contributed by atoms with Crippen molar-refractivity contribution < 1.29 is 14.3 Å². The number of aromatic carboxylic acids is 1. The van der Waals surface area contributed by atoms with Gasteiger partial charge in [0.2, 0.25) is 0 Å². The third kappa shape index (κ3) is 3.92. The van der Waals surface area contributed by atoms with Gasteiger partial charge in [0.05, 0.1) is 18.2 Å². The molecule has 3 heterocycles. The highest BCUT2D eigenvalue weighted by Gasteiger charge is 2.20. The standard InChI is InChI=1S/C23H23N3O3/c1-2-3-4-5-6-20-21(23(27)28)22-24-13-19(14-26(22)25-20)17-9-7-16(8-10-17)18-11-12-29-15-18/h7-15H,2-6H2,1H3,(H,27,28). The SMILES string of the molecule is CCCCCCc1nn2cc(-c3ccc(-c4ccoc4)cc3)cnc2c1C(=O)O. The van der Waals surface area contributed by atoms with Crippen LogP contribution in [0.4, 0.5) is 0 Å². The molecule has 3 aromatic heterocycles. The number of carbonyl (C=O) groups is 1. The molecule has 0 aliphatic carbocycles. The van der Waals surface area contributed by atoms with Gasteiger partial charge in [0, 0.05) is 23.5 Å². The molecule has 0 unspecified atom stereocenters. The zero-order chi connectivity index (χ0) is 20.2. The van der Waals surface area contributed by atoms with E-state index in [0.29, 0.717) is 17.8 Å². The van der Waals surface area contributed by atoms with Crippen LogP contribution in [0.2, 0.25) is 0 Å². The van der Waals surface area contributed by atoms with Gasteiger partial charge in [-0.15, -0.1) is 0 Å². The van der Waals surface area contributed by atoms with Crippen molar-refractivity contribution in [2.24, 2.45) is 0 Å². The Hall–Kier alpha value is -3.41. The van der Waals surface area contributed by atoms with E-state index in [0.717, 1.165) is 47.9 Å². The van der Waals surface area contributed by atoms with Crippen molar-refractivity contribution in [2.75, 3.05) is 0 Å². The van der Waals surface area contributed by atoms with Crippen molar-refractivity contribution in [3.05, 3.63) is 66.5 Å². The van der Waals surface area contributed by atoms with Crippen LogP contribution in [0.1, 0.15) is 48.7 Å². The van der Waals surface area contributed by atoms with Gasteiger partial charge in [0.15, 0.2) is 5.65 Å². The van der Waals surface area contributed by atoms with E-state index in [1.807, 2.05) is 36.5 Å². The molecule has 0 fully saturated rings. The number of hydrogen-bond donors (Lipinski definition) is 1. The molecule has 4 aromatic rings. The fourth-order valence-electron chi connectivity index (χ4n) is 3.53. The average Bonchev–Trinajstić information content (AvgIpc) is 3.38. The molecule has 1 N–H and O–H groups in total. The van der Waals surface area contributed by atoms with Crippen molar-refractivity contribution in [1.82, 2.24) is 14.6 Å². The fraction of sp³-hybridized carbons (Fsp3) is 0.261. The summed E-state index contributed by atoms with van der Waals surface area (Å²) in [4.78, 5) is 16.2. The maximum atomic E-state index is 11.8. The minimum absolute atomic E-state index is 0.211. The van der Waals surface area contributed by atoms with E-state index in [1.165, 1.54) is 0 Å². The first-order chi connectivity index (χ1) is 14.2. The molecule has 0 spiro atoms. The minimum atomic E-state index is -0.977. The number of aryl methyl sites for hydroxylation is 1. The Balaban J connectivity index is 1.64. The molecule has 0 atom stereocenters. The van der Waals surface area contributed by atoms with Crippen LogP contribution >= 0.6 is 0 Å². The van der Waals surface area contributed by atoms with Crippen LogP contribution in [-0.2, 0) is 6.42 Å². The predicted molar refractivity (Wildman–Crippen MR) is 111 cm³/mol. The van der Waals surface area contributed by atoms with Crippen LogP contribution in [0.3, 0.4) is 0 Å². The van der Waals surface area contributed by atoms with E-state index in [2.05, 4.69) is 17.0 Å². The Bertz CT molecular complexity index is 1110. The van der Waals surface area contributed by atoms with Crippen LogP contribution in [-0.4, -0.2) is 25.7 Å². The second-order valence-corrected chi connectivity index (χ2v) is 7.14. The van der Waals surface area contributed by atoms with E-state index >= 15 is 0 Å². The maximum Gasteiger partial charge on any atom is 0.341 e. The Labute approximate surface area is 168 Å². The van der Waals surface area contributed by atoms with Gasteiger partial charge >= 0.3 is 5.97 Å². The Kier molecular flexibility index (Phi) is 5.42. The van der Waals surface area contributed by atoms with Crippen molar-refractivity contribution in [3.8, 4) is 22.3 Å². The molecular formula is C23H23N3O3. The summed E-state index contributed by atoms with van der Waals surface area (Å²) < 4.78 is 6.73. The highest BCUT2D eigenvalue weighted by molar-refractivity contribution is 5.96. The van der Waals surface area contributed by atoms with E-state index in [9.17, 15) is 9.90 Å². The number of aromatic nitrogens is 3. The lowest BCUT2D eigenvalue weighted by Gasteiger charge is -2.04. The highest BCUT2D eigenvalue weighted by Crippen LogP contribution is 2.26. The molecule has 0 amide bonds. The number of nitrogens with zero attached hydrogens (tertiary/aromatic N) is 3. The lowest BCUT2D eigenvalue weighted by molar-refractivity contribution is 0.0697. The second kappa shape index (κ2) is 8.31. The van der Waals surface area contributed by atoms with Crippen LogP contribution < -0.4 is 0 Å². The molecule has 4 rings (SSSR count). The Morgan fingerprint density at radius 1 is 1.03 bits per heavy atom. The first kappa shape index (κ1) is 18.9. The second-order valence-electron chi connectivity index (χ2n) is 7.14. The summed E-state index contributed by atoms with van der Waals surface area (Å²) in [6.45, 7) is 2.15. The van der Waals surface area contributed by atoms with E-state index in [-0.39, 0.29) is 5.56 Å². The number of carboxylic acid groups (broad SMARTS) is 1.